The first-order valence-corrected chi connectivity index (χ1v) is 5.98. The third kappa shape index (κ3) is 2.70. The largest absolute Gasteiger partial charge is 0.398 e. The number of hydrogen-bond acceptors (Lipinski definition) is 4. The molecule has 0 unspecified atom stereocenters. The summed E-state index contributed by atoms with van der Waals surface area (Å²) in [5, 5.41) is 10.2. The fourth-order valence-corrected chi connectivity index (χ4v) is 2.31. The first kappa shape index (κ1) is 11.8. The van der Waals surface area contributed by atoms with E-state index in [1.54, 1.807) is 30.5 Å². The van der Waals surface area contributed by atoms with Gasteiger partial charge in [0, 0.05) is 16.8 Å². The minimum Gasteiger partial charge on any atom is -0.398 e. The number of aromatic nitrogens is 1. The van der Waals surface area contributed by atoms with Crippen LogP contribution in [0.5, 0.6) is 0 Å². The van der Waals surface area contributed by atoms with Crippen molar-refractivity contribution >= 4 is 29.1 Å². The number of benzene rings is 1. The summed E-state index contributed by atoms with van der Waals surface area (Å²) in [6.07, 6.45) is 1.68. The van der Waals surface area contributed by atoms with Crippen LogP contribution in [0.15, 0.2) is 46.5 Å². The SMILES string of the molecule is N#Cc1cc(Sc2ncccc2Cl)ccc1N. The van der Waals surface area contributed by atoms with E-state index in [1.807, 2.05) is 12.1 Å². The average Bonchev–Trinajstić information content (AvgIpc) is 2.34. The normalized spacial score (nSPS) is 9.88. The zero-order valence-electron chi connectivity index (χ0n) is 8.72. The van der Waals surface area contributed by atoms with E-state index in [9.17, 15) is 0 Å². The van der Waals surface area contributed by atoms with E-state index in [0.29, 0.717) is 21.3 Å². The fourth-order valence-electron chi connectivity index (χ4n) is 1.25. The smallest absolute Gasteiger partial charge is 0.119 e. The molecule has 0 aliphatic carbocycles. The molecule has 5 heteroatoms. The Labute approximate surface area is 108 Å². The molecule has 3 nitrogen and oxygen atoms in total. The summed E-state index contributed by atoms with van der Waals surface area (Å²) in [6, 6.07) is 10.9. The van der Waals surface area contributed by atoms with Crippen molar-refractivity contribution in [2.45, 2.75) is 9.92 Å². The van der Waals surface area contributed by atoms with Crippen LogP contribution in [0.1, 0.15) is 5.56 Å². The molecule has 0 atom stereocenters. The van der Waals surface area contributed by atoms with Gasteiger partial charge in [-0.15, -0.1) is 0 Å². The van der Waals surface area contributed by atoms with Gasteiger partial charge in [-0.25, -0.2) is 4.98 Å². The summed E-state index contributed by atoms with van der Waals surface area (Å²) in [4.78, 5) is 5.05. The van der Waals surface area contributed by atoms with Crippen molar-refractivity contribution in [1.29, 1.82) is 5.26 Å². The number of halogens is 1. The van der Waals surface area contributed by atoms with Gasteiger partial charge < -0.3 is 5.73 Å². The highest BCUT2D eigenvalue weighted by molar-refractivity contribution is 7.99. The first-order chi connectivity index (χ1) is 8.20. The second kappa shape index (κ2) is 5.09. The lowest BCUT2D eigenvalue weighted by molar-refractivity contribution is 1.13. The van der Waals surface area contributed by atoms with E-state index >= 15 is 0 Å². The van der Waals surface area contributed by atoms with Crippen LogP contribution in [0.3, 0.4) is 0 Å². The van der Waals surface area contributed by atoms with Crippen LogP contribution >= 0.6 is 23.4 Å². The van der Waals surface area contributed by atoms with E-state index in [-0.39, 0.29) is 0 Å². The molecule has 17 heavy (non-hydrogen) atoms. The molecule has 0 amide bonds. The van der Waals surface area contributed by atoms with Gasteiger partial charge in [0.15, 0.2) is 0 Å². The van der Waals surface area contributed by atoms with Crippen molar-refractivity contribution in [2.75, 3.05) is 5.73 Å². The van der Waals surface area contributed by atoms with Crippen molar-refractivity contribution < 1.29 is 0 Å². The van der Waals surface area contributed by atoms with Gasteiger partial charge in [0.25, 0.3) is 0 Å². The van der Waals surface area contributed by atoms with Gasteiger partial charge in [0.2, 0.25) is 0 Å². The lowest BCUT2D eigenvalue weighted by Gasteiger charge is -2.04. The zero-order valence-corrected chi connectivity index (χ0v) is 10.3. The van der Waals surface area contributed by atoms with E-state index in [0.717, 1.165) is 4.90 Å². The molecule has 0 saturated heterocycles. The highest BCUT2D eigenvalue weighted by Gasteiger charge is 2.05. The second-order valence-corrected chi connectivity index (χ2v) is 4.72. The lowest BCUT2D eigenvalue weighted by Crippen LogP contribution is -1.90. The molecule has 2 N–H and O–H groups in total. The zero-order chi connectivity index (χ0) is 12.3. The number of pyridine rings is 1. The van der Waals surface area contributed by atoms with Gasteiger partial charge in [-0.1, -0.05) is 23.4 Å². The number of nitrogens with zero attached hydrogens (tertiary/aromatic N) is 2. The Balaban J connectivity index is 2.32. The minimum atomic E-state index is 0.460. The first-order valence-electron chi connectivity index (χ1n) is 4.78. The van der Waals surface area contributed by atoms with Crippen LogP contribution in [0.2, 0.25) is 5.02 Å². The summed E-state index contributed by atoms with van der Waals surface area (Å²) in [5.74, 6) is 0. The van der Waals surface area contributed by atoms with Crippen LogP contribution in [0.4, 0.5) is 5.69 Å². The van der Waals surface area contributed by atoms with Crippen molar-refractivity contribution in [3.8, 4) is 6.07 Å². The highest BCUT2D eigenvalue weighted by atomic mass is 35.5. The van der Waals surface area contributed by atoms with Gasteiger partial charge in [-0.2, -0.15) is 5.26 Å². The number of hydrogen-bond donors (Lipinski definition) is 1. The summed E-state index contributed by atoms with van der Waals surface area (Å²) in [7, 11) is 0. The molecule has 0 fully saturated rings. The molecule has 0 aliphatic rings. The molecule has 0 bridgehead atoms. The van der Waals surface area contributed by atoms with E-state index in [2.05, 4.69) is 4.98 Å². The Morgan fingerprint density at radius 3 is 2.88 bits per heavy atom. The topological polar surface area (TPSA) is 62.7 Å². The summed E-state index contributed by atoms with van der Waals surface area (Å²) < 4.78 is 0. The molecular formula is C12H8ClN3S. The maximum absolute atomic E-state index is 8.88. The van der Waals surface area contributed by atoms with Gasteiger partial charge in [-0.05, 0) is 30.3 Å². The van der Waals surface area contributed by atoms with Crippen molar-refractivity contribution in [3.05, 3.63) is 47.1 Å². The maximum Gasteiger partial charge on any atom is 0.119 e. The standard InChI is InChI=1S/C12H8ClN3S/c13-10-2-1-5-16-12(10)17-9-3-4-11(15)8(6-9)7-14/h1-6H,15H2. The second-order valence-electron chi connectivity index (χ2n) is 3.25. The molecule has 0 radical (unpaired) electrons. The molecule has 1 heterocycles. The Morgan fingerprint density at radius 2 is 2.18 bits per heavy atom. The van der Waals surface area contributed by atoms with Gasteiger partial charge >= 0.3 is 0 Å². The van der Waals surface area contributed by atoms with E-state index in [4.69, 9.17) is 22.6 Å². The van der Waals surface area contributed by atoms with Crippen LogP contribution < -0.4 is 5.73 Å². The van der Waals surface area contributed by atoms with Crippen LogP contribution in [0.25, 0.3) is 0 Å². The highest BCUT2D eigenvalue weighted by Crippen LogP contribution is 2.32. The number of nitrogens with two attached hydrogens (primary N) is 1. The number of rotatable bonds is 2. The summed E-state index contributed by atoms with van der Waals surface area (Å²) >= 11 is 7.41. The van der Waals surface area contributed by atoms with Crippen LogP contribution in [-0.4, -0.2) is 4.98 Å². The Morgan fingerprint density at radius 1 is 1.35 bits per heavy atom. The molecular weight excluding hydrogens is 254 g/mol. The van der Waals surface area contributed by atoms with Gasteiger partial charge in [-0.3, -0.25) is 0 Å². The van der Waals surface area contributed by atoms with E-state index < -0.39 is 0 Å². The van der Waals surface area contributed by atoms with Crippen molar-refractivity contribution in [2.24, 2.45) is 0 Å². The number of nitriles is 1. The number of anilines is 1. The lowest BCUT2D eigenvalue weighted by atomic mass is 10.2. The maximum atomic E-state index is 8.88. The minimum absolute atomic E-state index is 0.460. The third-order valence-electron chi connectivity index (χ3n) is 2.08. The molecule has 2 aromatic rings. The Bertz CT molecular complexity index is 593. The van der Waals surface area contributed by atoms with Crippen LogP contribution in [0, 0.1) is 11.3 Å². The molecule has 0 aliphatic heterocycles. The van der Waals surface area contributed by atoms with Crippen molar-refractivity contribution in [3.63, 3.8) is 0 Å². The molecule has 2 rings (SSSR count). The quantitative estimate of drug-likeness (QED) is 0.842. The predicted molar refractivity (Wildman–Crippen MR) is 68.9 cm³/mol. The molecule has 1 aromatic carbocycles. The fraction of sp³-hybridized carbons (Fsp3) is 0. The third-order valence-corrected chi connectivity index (χ3v) is 3.51. The average molecular weight is 262 g/mol. The Kier molecular flexibility index (Phi) is 3.52. The van der Waals surface area contributed by atoms with Crippen molar-refractivity contribution in [1.82, 2.24) is 4.98 Å². The summed E-state index contributed by atoms with van der Waals surface area (Å²) in [6.45, 7) is 0. The monoisotopic (exact) mass is 261 g/mol. The number of nitrogen functional groups attached to an aromatic ring is 1. The molecule has 0 saturated carbocycles. The summed E-state index contributed by atoms with van der Waals surface area (Å²) in [5.41, 5.74) is 6.59. The van der Waals surface area contributed by atoms with Gasteiger partial charge in [0.05, 0.1) is 10.6 Å². The van der Waals surface area contributed by atoms with Crippen LogP contribution in [-0.2, 0) is 0 Å². The van der Waals surface area contributed by atoms with E-state index in [1.165, 1.54) is 11.8 Å². The Hall–Kier alpha value is -1.70. The molecule has 84 valence electrons. The van der Waals surface area contributed by atoms with Gasteiger partial charge in [0.1, 0.15) is 11.1 Å². The molecule has 1 aromatic heterocycles. The molecule has 0 spiro atoms. The predicted octanol–water partition coefficient (Wildman–Crippen LogP) is 3.34.